The van der Waals surface area contributed by atoms with Gasteiger partial charge in [-0.2, -0.15) is 0 Å². The molecule has 0 aliphatic rings. The van der Waals surface area contributed by atoms with Crippen LogP contribution in [0.15, 0.2) is 97.2 Å². The second-order valence-electron chi connectivity index (χ2n) is 20.3. The molecule has 0 aromatic carbocycles. The van der Waals surface area contributed by atoms with E-state index in [1.807, 2.05) is 27.2 Å². The first-order chi connectivity index (χ1) is 34.0. The van der Waals surface area contributed by atoms with Crippen molar-refractivity contribution in [2.24, 2.45) is 0 Å². The SMILES string of the molecule is CC/C=C\C/C=C\C/C=C\C/C=C\C/C=C\C/C=C\C/C=C\CCCCCCCCCCCC(=O)NC(COP(=O)(O)OCC[N+](C)(C)C)C(O)/C=C/CCCCCCCCCCCCCCCCC. The zero-order valence-corrected chi connectivity index (χ0v) is 46.9. The van der Waals surface area contributed by atoms with E-state index in [4.69, 9.17) is 9.05 Å². The molecule has 1 amide bonds. The van der Waals surface area contributed by atoms with E-state index in [2.05, 4.69) is 104 Å². The summed E-state index contributed by atoms with van der Waals surface area (Å²) >= 11 is 0. The van der Waals surface area contributed by atoms with E-state index in [1.54, 1.807) is 6.08 Å². The molecule has 3 atom stereocenters. The van der Waals surface area contributed by atoms with E-state index in [0.29, 0.717) is 17.4 Å². The van der Waals surface area contributed by atoms with Crippen LogP contribution in [0, 0.1) is 0 Å². The van der Waals surface area contributed by atoms with Crippen LogP contribution in [0.2, 0.25) is 0 Å². The number of phosphoric acid groups is 1. The van der Waals surface area contributed by atoms with E-state index in [0.717, 1.165) is 89.9 Å². The van der Waals surface area contributed by atoms with Crippen LogP contribution in [0.5, 0.6) is 0 Å². The van der Waals surface area contributed by atoms with Crippen molar-refractivity contribution in [3.63, 3.8) is 0 Å². The monoisotopic (exact) mass is 998 g/mol. The number of amides is 1. The van der Waals surface area contributed by atoms with Crippen LogP contribution in [-0.2, 0) is 18.4 Å². The zero-order chi connectivity index (χ0) is 51.3. The number of hydrogen-bond donors (Lipinski definition) is 3. The van der Waals surface area contributed by atoms with Crippen molar-refractivity contribution in [3.8, 4) is 0 Å². The Balaban J connectivity index is 4.22. The fourth-order valence-corrected chi connectivity index (χ4v) is 8.58. The van der Waals surface area contributed by atoms with Gasteiger partial charge in [-0.3, -0.25) is 13.8 Å². The molecule has 0 spiro atoms. The molecule has 0 aromatic heterocycles. The minimum atomic E-state index is -4.35. The summed E-state index contributed by atoms with van der Waals surface area (Å²) in [7, 11) is 1.56. The number of aliphatic hydroxyl groups excluding tert-OH is 1. The smallest absolute Gasteiger partial charge is 0.387 e. The first kappa shape index (κ1) is 67.4. The molecular formula is C61H110N2O6P+. The van der Waals surface area contributed by atoms with Gasteiger partial charge in [-0.25, -0.2) is 4.57 Å². The van der Waals surface area contributed by atoms with Gasteiger partial charge in [-0.05, 0) is 77.0 Å². The van der Waals surface area contributed by atoms with Crippen molar-refractivity contribution in [1.82, 2.24) is 5.32 Å². The molecule has 404 valence electrons. The molecule has 0 bridgehead atoms. The molecule has 0 aliphatic carbocycles. The summed E-state index contributed by atoms with van der Waals surface area (Å²) in [6.07, 6.45) is 73.5. The van der Waals surface area contributed by atoms with Gasteiger partial charge in [0.05, 0.1) is 39.9 Å². The van der Waals surface area contributed by atoms with Gasteiger partial charge in [0.25, 0.3) is 0 Å². The largest absolute Gasteiger partial charge is 0.472 e. The molecular weight excluding hydrogens is 888 g/mol. The molecule has 0 aromatic rings. The van der Waals surface area contributed by atoms with Crippen LogP contribution in [0.1, 0.15) is 232 Å². The number of aliphatic hydroxyl groups is 1. The Labute approximate surface area is 432 Å². The number of phosphoric ester groups is 1. The molecule has 0 radical (unpaired) electrons. The van der Waals surface area contributed by atoms with E-state index in [-0.39, 0.29) is 19.1 Å². The highest BCUT2D eigenvalue weighted by molar-refractivity contribution is 7.47. The van der Waals surface area contributed by atoms with Crippen LogP contribution in [0.3, 0.4) is 0 Å². The van der Waals surface area contributed by atoms with Gasteiger partial charge in [0.15, 0.2) is 0 Å². The van der Waals surface area contributed by atoms with Crippen molar-refractivity contribution in [2.75, 3.05) is 40.9 Å². The van der Waals surface area contributed by atoms with Gasteiger partial charge in [-0.1, -0.05) is 246 Å². The van der Waals surface area contributed by atoms with Crippen molar-refractivity contribution < 1.29 is 32.9 Å². The highest BCUT2D eigenvalue weighted by atomic mass is 31.2. The van der Waals surface area contributed by atoms with Gasteiger partial charge in [0.2, 0.25) is 5.91 Å². The molecule has 0 rings (SSSR count). The normalized spacial score (nSPS) is 14.7. The maximum absolute atomic E-state index is 13.0. The molecule has 0 saturated carbocycles. The molecule has 0 aliphatic heterocycles. The first-order valence-electron chi connectivity index (χ1n) is 28.6. The first-order valence-corrected chi connectivity index (χ1v) is 30.1. The Kier molecular flexibility index (Phi) is 49.4. The molecule has 0 saturated heterocycles. The average Bonchev–Trinajstić information content (AvgIpc) is 3.32. The van der Waals surface area contributed by atoms with E-state index < -0.39 is 20.0 Å². The standard InChI is InChI=1S/C61H109N2O6P/c1-6-8-10-12-14-16-18-20-22-24-25-26-27-28-29-30-31-32-33-34-35-36-37-39-41-43-45-47-49-51-53-55-61(65)62-59(58-69-70(66,67)68-57-56-63(3,4)5)60(64)54-52-50-48-46-44-42-40-38-23-21-19-17-15-13-11-9-7-2/h8,10,14,16,20,22,25-26,28-29,31-32,34-35,52,54,59-60,64H,6-7,9,11-13,15,17-19,21,23-24,27,30,33,36-51,53,55-58H2,1-5H3,(H-,62,65,66,67)/p+1/b10-8-,16-14-,22-20-,26-25-,29-28-,32-31-,35-34-,54-52+. The Morgan fingerprint density at radius 3 is 1.26 bits per heavy atom. The van der Waals surface area contributed by atoms with E-state index in [1.165, 1.54) is 122 Å². The molecule has 0 fully saturated rings. The van der Waals surface area contributed by atoms with Crippen molar-refractivity contribution in [2.45, 2.75) is 244 Å². The van der Waals surface area contributed by atoms with Gasteiger partial charge >= 0.3 is 7.82 Å². The molecule has 0 heterocycles. The molecule has 70 heavy (non-hydrogen) atoms. The summed E-state index contributed by atoms with van der Waals surface area (Å²) in [4.78, 5) is 23.3. The number of carbonyl (C=O) groups is 1. The number of quaternary nitrogens is 1. The minimum absolute atomic E-state index is 0.0560. The van der Waals surface area contributed by atoms with Gasteiger partial charge in [0, 0.05) is 6.42 Å². The van der Waals surface area contributed by atoms with E-state index >= 15 is 0 Å². The van der Waals surface area contributed by atoms with Crippen molar-refractivity contribution in [3.05, 3.63) is 97.2 Å². The van der Waals surface area contributed by atoms with Crippen LogP contribution in [-0.4, -0.2) is 73.4 Å². The zero-order valence-electron chi connectivity index (χ0n) is 46.0. The van der Waals surface area contributed by atoms with E-state index in [9.17, 15) is 19.4 Å². The second-order valence-corrected chi connectivity index (χ2v) is 21.7. The van der Waals surface area contributed by atoms with Crippen LogP contribution >= 0.6 is 7.82 Å². The number of hydrogen-bond acceptors (Lipinski definition) is 5. The minimum Gasteiger partial charge on any atom is -0.387 e. The van der Waals surface area contributed by atoms with Crippen molar-refractivity contribution in [1.29, 1.82) is 0 Å². The fourth-order valence-electron chi connectivity index (χ4n) is 7.85. The lowest BCUT2D eigenvalue weighted by Gasteiger charge is -2.25. The molecule has 8 nitrogen and oxygen atoms in total. The Morgan fingerprint density at radius 2 is 0.857 bits per heavy atom. The summed E-state index contributed by atoms with van der Waals surface area (Å²) in [5, 5.41) is 13.9. The highest BCUT2D eigenvalue weighted by Gasteiger charge is 2.27. The Hall–Kier alpha value is -2.58. The summed E-state index contributed by atoms with van der Waals surface area (Å²) in [6.45, 7) is 4.70. The maximum Gasteiger partial charge on any atom is 0.472 e. The molecule has 3 N–H and O–H groups in total. The number of unbranched alkanes of at least 4 members (excludes halogenated alkanes) is 24. The quantitative estimate of drug-likeness (QED) is 0.0243. The predicted molar refractivity (Wildman–Crippen MR) is 304 cm³/mol. The summed E-state index contributed by atoms with van der Waals surface area (Å²) in [5.41, 5.74) is 0. The average molecular weight is 999 g/mol. The third-order valence-electron chi connectivity index (χ3n) is 12.3. The van der Waals surface area contributed by atoms with Crippen LogP contribution in [0.25, 0.3) is 0 Å². The topological polar surface area (TPSA) is 105 Å². The second kappa shape index (κ2) is 51.3. The predicted octanol–water partition coefficient (Wildman–Crippen LogP) is 17.4. The summed E-state index contributed by atoms with van der Waals surface area (Å²) in [6, 6.07) is -0.856. The lowest BCUT2D eigenvalue weighted by Crippen LogP contribution is -2.45. The number of rotatable bonds is 51. The van der Waals surface area contributed by atoms with Gasteiger partial charge in [-0.15, -0.1) is 0 Å². The maximum atomic E-state index is 13.0. The number of nitrogens with zero attached hydrogens (tertiary/aromatic N) is 1. The third-order valence-corrected chi connectivity index (χ3v) is 13.3. The number of allylic oxidation sites excluding steroid dienone is 15. The third kappa shape index (κ3) is 53.2. The summed E-state index contributed by atoms with van der Waals surface area (Å²) in [5.74, 6) is -0.186. The number of likely N-dealkylation sites (N-methyl/N-ethyl adjacent to an activating group) is 1. The molecule has 9 heteroatoms. The number of nitrogens with one attached hydrogen (secondary N) is 1. The van der Waals surface area contributed by atoms with Crippen LogP contribution < -0.4 is 5.32 Å². The Bertz CT molecular complexity index is 1460. The summed E-state index contributed by atoms with van der Waals surface area (Å²) < 4.78 is 23.7. The molecule has 3 unspecified atom stereocenters. The number of carbonyl (C=O) groups excluding carboxylic acids is 1. The van der Waals surface area contributed by atoms with Gasteiger partial charge < -0.3 is 19.8 Å². The lowest BCUT2D eigenvalue weighted by molar-refractivity contribution is -0.870. The Morgan fingerprint density at radius 1 is 0.500 bits per heavy atom. The highest BCUT2D eigenvalue weighted by Crippen LogP contribution is 2.43. The lowest BCUT2D eigenvalue weighted by atomic mass is 10.0. The van der Waals surface area contributed by atoms with Crippen LogP contribution in [0.4, 0.5) is 0 Å². The fraction of sp³-hybridized carbons (Fsp3) is 0.721. The van der Waals surface area contributed by atoms with Gasteiger partial charge in [0.1, 0.15) is 13.2 Å². The van der Waals surface area contributed by atoms with Crippen molar-refractivity contribution >= 4 is 13.7 Å².